The van der Waals surface area contributed by atoms with Gasteiger partial charge in [-0.1, -0.05) is 0 Å². The standard InChI is InChI=1S/C13H19N5O6S/c19-13-17-7-9(18(13)24-25(20,21)22)1-2-10(17)12-16-15-11(23-12)8-3-5-14-6-4-8/h8-10,14H,1-7H2,(H,20,21,22). The van der Waals surface area contributed by atoms with Gasteiger partial charge in [-0.15, -0.1) is 14.5 Å². The molecule has 2 unspecified atom stereocenters. The van der Waals surface area contributed by atoms with Gasteiger partial charge < -0.3 is 14.6 Å². The molecule has 12 heteroatoms. The number of hydrogen-bond acceptors (Lipinski definition) is 8. The van der Waals surface area contributed by atoms with E-state index >= 15 is 0 Å². The summed E-state index contributed by atoms with van der Waals surface area (Å²) in [5.41, 5.74) is 0. The Labute approximate surface area is 144 Å². The summed E-state index contributed by atoms with van der Waals surface area (Å²) in [6.45, 7) is 2.09. The zero-order chi connectivity index (χ0) is 17.6. The van der Waals surface area contributed by atoms with Gasteiger partial charge in [0.1, 0.15) is 6.04 Å². The maximum Gasteiger partial charge on any atom is 0.418 e. The van der Waals surface area contributed by atoms with Crippen LogP contribution in [0.15, 0.2) is 4.42 Å². The van der Waals surface area contributed by atoms with Crippen molar-refractivity contribution in [2.75, 3.05) is 19.6 Å². The molecule has 0 radical (unpaired) electrons. The Bertz CT molecular complexity index is 761. The minimum atomic E-state index is -4.75. The quantitative estimate of drug-likeness (QED) is 0.709. The Hall–Kier alpha value is -1.76. The van der Waals surface area contributed by atoms with E-state index in [1.54, 1.807) is 0 Å². The second-order valence-corrected chi connectivity index (χ2v) is 7.52. The fraction of sp³-hybridized carbons (Fsp3) is 0.769. The molecule has 25 heavy (non-hydrogen) atoms. The summed E-state index contributed by atoms with van der Waals surface area (Å²) < 4.78 is 40.9. The van der Waals surface area contributed by atoms with Crippen LogP contribution in [0.25, 0.3) is 0 Å². The van der Waals surface area contributed by atoms with Crippen LogP contribution in [0.1, 0.15) is 49.4 Å². The van der Waals surface area contributed by atoms with Crippen molar-refractivity contribution in [2.24, 2.45) is 0 Å². The van der Waals surface area contributed by atoms with Gasteiger partial charge in [0.2, 0.25) is 11.8 Å². The van der Waals surface area contributed by atoms with Crippen molar-refractivity contribution in [3.63, 3.8) is 0 Å². The SMILES string of the molecule is O=C1N2CC(CCC2c2nnc(C3CCNCC3)o2)N1OS(=O)(=O)O. The maximum atomic E-state index is 12.4. The maximum absolute atomic E-state index is 12.4. The van der Waals surface area contributed by atoms with E-state index < -0.39 is 28.5 Å². The Morgan fingerprint density at radius 3 is 2.60 bits per heavy atom. The third kappa shape index (κ3) is 3.21. The van der Waals surface area contributed by atoms with Crippen LogP contribution in [-0.4, -0.2) is 64.8 Å². The summed E-state index contributed by atoms with van der Waals surface area (Å²) in [7, 11) is -4.75. The van der Waals surface area contributed by atoms with Crippen molar-refractivity contribution in [2.45, 2.75) is 43.7 Å². The number of fused-ring (bicyclic) bond motifs is 2. The highest BCUT2D eigenvalue weighted by Gasteiger charge is 2.49. The molecule has 0 aliphatic carbocycles. The molecule has 0 saturated carbocycles. The Morgan fingerprint density at radius 1 is 1.16 bits per heavy atom. The Balaban J connectivity index is 1.51. The van der Waals surface area contributed by atoms with Gasteiger partial charge in [-0.05, 0) is 38.8 Å². The van der Waals surface area contributed by atoms with E-state index in [4.69, 9.17) is 8.97 Å². The molecule has 1 aromatic heterocycles. The second-order valence-electron chi connectivity index (χ2n) is 6.51. The summed E-state index contributed by atoms with van der Waals surface area (Å²) in [6.07, 6.45) is 2.91. The highest BCUT2D eigenvalue weighted by molar-refractivity contribution is 7.80. The lowest BCUT2D eigenvalue weighted by Gasteiger charge is -2.27. The lowest BCUT2D eigenvalue weighted by molar-refractivity contribution is -0.0317. The average molecular weight is 373 g/mol. The van der Waals surface area contributed by atoms with Crippen molar-refractivity contribution in [1.29, 1.82) is 0 Å². The first-order chi connectivity index (χ1) is 11.9. The molecule has 3 aliphatic heterocycles. The van der Waals surface area contributed by atoms with Crippen molar-refractivity contribution in [1.82, 2.24) is 25.5 Å². The number of urea groups is 1. The number of nitrogens with one attached hydrogen (secondary N) is 1. The van der Waals surface area contributed by atoms with E-state index in [-0.39, 0.29) is 12.5 Å². The molecule has 1 aromatic rings. The fourth-order valence-corrected chi connectivity index (χ4v) is 4.09. The number of rotatable bonds is 4. The summed E-state index contributed by atoms with van der Waals surface area (Å²) in [5, 5.41) is 12.2. The van der Waals surface area contributed by atoms with E-state index in [1.165, 1.54) is 4.90 Å². The molecule has 3 fully saturated rings. The minimum absolute atomic E-state index is 0.215. The van der Waals surface area contributed by atoms with Crippen LogP contribution in [0.2, 0.25) is 0 Å². The van der Waals surface area contributed by atoms with Crippen molar-refractivity contribution >= 4 is 16.4 Å². The van der Waals surface area contributed by atoms with Gasteiger partial charge in [0.05, 0.1) is 6.04 Å². The Kier molecular flexibility index (Phi) is 4.14. The van der Waals surface area contributed by atoms with E-state index in [0.29, 0.717) is 29.7 Å². The molecule has 4 heterocycles. The van der Waals surface area contributed by atoms with Crippen molar-refractivity contribution < 1.29 is 26.5 Å². The highest BCUT2D eigenvalue weighted by Crippen LogP contribution is 2.39. The highest BCUT2D eigenvalue weighted by atomic mass is 32.3. The number of nitrogens with zero attached hydrogens (tertiary/aromatic N) is 4. The normalized spacial score (nSPS) is 28.0. The molecular formula is C13H19N5O6S. The smallest absolute Gasteiger partial charge is 0.418 e. The lowest BCUT2D eigenvalue weighted by atomic mass is 9.98. The molecule has 3 saturated heterocycles. The number of amides is 2. The van der Waals surface area contributed by atoms with E-state index in [1.807, 2.05) is 0 Å². The van der Waals surface area contributed by atoms with E-state index in [9.17, 15) is 13.2 Å². The molecule has 3 aliphatic rings. The summed E-state index contributed by atoms with van der Waals surface area (Å²) in [5.74, 6) is 1.15. The monoisotopic (exact) mass is 373 g/mol. The fourth-order valence-electron chi connectivity index (χ4n) is 3.70. The van der Waals surface area contributed by atoms with Crippen LogP contribution >= 0.6 is 0 Å². The molecule has 11 nitrogen and oxygen atoms in total. The van der Waals surface area contributed by atoms with E-state index in [2.05, 4.69) is 19.8 Å². The molecule has 4 rings (SSSR count). The molecule has 138 valence electrons. The zero-order valence-corrected chi connectivity index (χ0v) is 14.2. The third-order valence-electron chi connectivity index (χ3n) is 4.93. The van der Waals surface area contributed by atoms with Crippen molar-refractivity contribution in [3.05, 3.63) is 11.8 Å². The molecule has 2 N–H and O–H groups in total. The van der Waals surface area contributed by atoms with Gasteiger partial charge in [0.25, 0.3) is 0 Å². The Morgan fingerprint density at radius 2 is 1.88 bits per heavy atom. The van der Waals surface area contributed by atoms with Gasteiger partial charge in [-0.3, -0.25) is 4.55 Å². The predicted molar refractivity (Wildman–Crippen MR) is 81.5 cm³/mol. The number of hydrogen-bond donors (Lipinski definition) is 2. The van der Waals surface area contributed by atoms with Gasteiger partial charge in [0, 0.05) is 12.5 Å². The third-order valence-corrected chi connectivity index (χ3v) is 5.28. The van der Waals surface area contributed by atoms with Crippen LogP contribution in [-0.2, 0) is 14.7 Å². The number of carbonyl (C=O) groups is 1. The number of aromatic nitrogens is 2. The van der Waals surface area contributed by atoms with Gasteiger partial charge in [-0.2, -0.15) is 13.5 Å². The summed E-state index contributed by atoms with van der Waals surface area (Å²) in [4.78, 5) is 13.9. The van der Waals surface area contributed by atoms with Crippen LogP contribution < -0.4 is 5.32 Å². The minimum Gasteiger partial charge on any atom is -0.423 e. The van der Waals surface area contributed by atoms with Gasteiger partial charge in [0.15, 0.2) is 0 Å². The van der Waals surface area contributed by atoms with Gasteiger partial charge >= 0.3 is 16.4 Å². The van der Waals surface area contributed by atoms with Crippen LogP contribution in [0.4, 0.5) is 4.79 Å². The van der Waals surface area contributed by atoms with Crippen LogP contribution in [0.5, 0.6) is 0 Å². The summed E-state index contributed by atoms with van der Waals surface area (Å²) in [6, 6.07) is -1.48. The predicted octanol–water partition coefficient (Wildman–Crippen LogP) is 0.212. The molecule has 0 aromatic carbocycles. The van der Waals surface area contributed by atoms with Crippen molar-refractivity contribution in [3.8, 4) is 0 Å². The van der Waals surface area contributed by atoms with Crippen LogP contribution in [0.3, 0.4) is 0 Å². The first-order valence-electron chi connectivity index (χ1n) is 8.23. The topological polar surface area (TPSA) is 138 Å². The summed E-state index contributed by atoms with van der Waals surface area (Å²) >= 11 is 0. The van der Waals surface area contributed by atoms with Crippen LogP contribution in [0, 0.1) is 0 Å². The number of hydroxylamine groups is 2. The molecule has 0 spiro atoms. The largest absolute Gasteiger partial charge is 0.423 e. The first-order valence-corrected chi connectivity index (χ1v) is 9.60. The second kappa shape index (κ2) is 6.20. The first kappa shape index (κ1) is 16.7. The lowest BCUT2D eigenvalue weighted by Crippen LogP contribution is -2.35. The number of piperidine rings is 2. The molecule has 2 bridgehead atoms. The average Bonchev–Trinajstić information content (AvgIpc) is 3.16. The molecule has 2 atom stereocenters. The molecule has 2 amide bonds. The zero-order valence-electron chi connectivity index (χ0n) is 13.4. The molecular weight excluding hydrogens is 354 g/mol. The van der Waals surface area contributed by atoms with Gasteiger partial charge in [-0.25, -0.2) is 4.79 Å². The number of carbonyl (C=O) groups excluding carboxylic acids is 1. The van der Waals surface area contributed by atoms with E-state index in [0.717, 1.165) is 25.9 Å².